The Morgan fingerprint density at radius 2 is 1.76 bits per heavy atom. The van der Waals surface area contributed by atoms with Crippen LogP contribution in [0.5, 0.6) is 11.5 Å². The van der Waals surface area contributed by atoms with Crippen LogP contribution in [0.15, 0.2) is 78.9 Å². The monoisotopic (exact) mass is 441 g/mol. The van der Waals surface area contributed by atoms with E-state index in [2.05, 4.69) is 0 Å². The minimum Gasteiger partial charge on any atom is -0.454 e. The smallest absolute Gasteiger partial charge is 0.264 e. The number of carbonyl (C=O) groups excluding carboxylic acids is 2. The van der Waals surface area contributed by atoms with E-state index in [1.807, 2.05) is 48.5 Å². The third kappa shape index (κ3) is 4.01. The first-order chi connectivity index (χ1) is 16.0. The Morgan fingerprint density at radius 3 is 2.61 bits per heavy atom. The minimum absolute atomic E-state index is 0.177. The van der Waals surface area contributed by atoms with E-state index in [0.717, 1.165) is 11.1 Å². The lowest BCUT2D eigenvalue weighted by atomic mass is 9.89. The van der Waals surface area contributed by atoms with E-state index >= 15 is 0 Å². The molecule has 3 aromatic carbocycles. The lowest BCUT2D eigenvalue weighted by molar-refractivity contribution is -0.140. The highest BCUT2D eigenvalue weighted by atomic mass is 16.7. The summed E-state index contributed by atoms with van der Waals surface area (Å²) in [5, 5.41) is 11.4. The number of allylic oxidation sites excluding steroid dienone is 1. The molecule has 166 valence electrons. The van der Waals surface area contributed by atoms with Crippen molar-refractivity contribution < 1.29 is 24.2 Å². The molecule has 5 rings (SSSR count). The van der Waals surface area contributed by atoms with Gasteiger partial charge in [-0.2, -0.15) is 0 Å². The molecule has 0 fully saturated rings. The zero-order valence-electron chi connectivity index (χ0n) is 17.9. The van der Waals surface area contributed by atoms with Gasteiger partial charge in [0.1, 0.15) is 0 Å². The fourth-order valence-corrected chi connectivity index (χ4v) is 4.30. The number of ether oxygens (including phenoxy) is 2. The van der Waals surface area contributed by atoms with Crippen molar-refractivity contribution in [2.45, 2.75) is 18.4 Å². The van der Waals surface area contributed by atoms with Crippen LogP contribution in [0.4, 0.5) is 5.69 Å². The van der Waals surface area contributed by atoms with E-state index in [0.29, 0.717) is 35.7 Å². The molecule has 1 amide bonds. The van der Waals surface area contributed by atoms with E-state index in [-0.39, 0.29) is 19.0 Å². The van der Waals surface area contributed by atoms with Crippen LogP contribution in [0.1, 0.15) is 23.1 Å². The highest BCUT2D eigenvalue weighted by Crippen LogP contribution is 2.42. The van der Waals surface area contributed by atoms with Crippen LogP contribution in [-0.2, 0) is 21.6 Å². The Labute approximate surface area is 191 Å². The van der Waals surface area contributed by atoms with Crippen molar-refractivity contribution in [2.24, 2.45) is 0 Å². The average Bonchev–Trinajstić information content (AvgIpc) is 3.38. The molecular formula is C27H23NO5. The van der Waals surface area contributed by atoms with Crippen molar-refractivity contribution >= 4 is 23.5 Å². The summed E-state index contributed by atoms with van der Waals surface area (Å²) in [6.07, 6.45) is 3.35. The lowest BCUT2D eigenvalue weighted by Crippen LogP contribution is -2.42. The molecule has 3 aromatic rings. The first-order valence-corrected chi connectivity index (χ1v) is 10.8. The van der Waals surface area contributed by atoms with Gasteiger partial charge in [0.2, 0.25) is 6.79 Å². The van der Waals surface area contributed by atoms with E-state index in [1.54, 1.807) is 35.2 Å². The van der Waals surface area contributed by atoms with Crippen LogP contribution in [0.25, 0.3) is 6.08 Å². The molecule has 6 nitrogen and oxygen atoms in total. The molecule has 0 saturated carbocycles. The predicted octanol–water partition coefficient (Wildman–Crippen LogP) is 3.86. The molecule has 2 aliphatic rings. The van der Waals surface area contributed by atoms with E-state index in [1.165, 1.54) is 6.08 Å². The molecule has 0 bridgehead atoms. The molecule has 1 N–H and O–H groups in total. The van der Waals surface area contributed by atoms with Gasteiger partial charge in [-0.3, -0.25) is 9.59 Å². The lowest BCUT2D eigenvalue weighted by Gasteiger charge is -2.22. The molecule has 0 aliphatic carbocycles. The summed E-state index contributed by atoms with van der Waals surface area (Å²) in [7, 11) is 0. The summed E-state index contributed by atoms with van der Waals surface area (Å²) in [4.78, 5) is 27.7. The van der Waals surface area contributed by atoms with Crippen molar-refractivity contribution in [1.29, 1.82) is 0 Å². The molecule has 1 unspecified atom stereocenters. The van der Waals surface area contributed by atoms with Gasteiger partial charge in [-0.15, -0.1) is 0 Å². The summed E-state index contributed by atoms with van der Waals surface area (Å²) in [6, 6.07) is 22.4. The van der Waals surface area contributed by atoms with Crippen LogP contribution in [0.3, 0.4) is 0 Å². The molecule has 33 heavy (non-hydrogen) atoms. The summed E-state index contributed by atoms with van der Waals surface area (Å²) in [6.45, 7) is 0.597. The van der Waals surface area contributed by atoms with E-state index < -0.39 is 11.5 Å². The van der Waals surface area contributed by atoms with Crippen molar-refractivity contribution in [3.8, 4) is 11.5 Å². The fourth-order valence-electron chi connectivity index (χ4n) is 4.30. The first kappa shape index (κ1) is 21.0. The SMILES string of the molecule is O=C(C=Cc1ccc2c(c1)OCO2)CC1(O)C(=O)N(CCc2ccccc2)c2ccccc21. The van der Waals surface area contributed by atoms with Crippen molar-refractivity contribution in [2.75, 3.05) is 18.2 Å². The predicted molar refractivity (Wildman–Crippen MR) is 124 cm³/mol. The maximum absolute atomic E-state index is 13.3. The van der Waals surface area contributed by atoms with E-state index in [4.69, 9.17) is 9.47 Å². The zero-order valence-corrected chi connectivity index (χ0v) is 17.9. The maximum Gasteiger partial charge on any atom is 0.264 e. The number of carbonyl (C=O) groups is 2. The number of amides is 1. The largest absolute Gasteiger partial charge is 0.454 e. The van der Waals surface area contributed by atoms with Gasteiger partial charge in [0.25, 0.3) is 5.91 Å². The van der Waals surface area contributed by atoms with Gasteiger partial charge in [-0.05, 0) is 41.8 Å². The second-order valence-corrected chi connectivity index (χ2v) is 8.16. The fraction of sp³-hybridized carbons (Fsp3) is 0.185. The minimum atomic E-state index is -1.89. The molecule has 1 atom stereocenters. The van der Waals surface area contributed by atoms with Gasteiger partial charge in [-0.25, -0.2) is 0 Å². The Balaban J connectivity index is 1.33. The summed E-state index contributed by atoms with van der Waals surface area (Å²) < 4.78 is 10.7. The standard InChI is InChI=1S/C27H23NO5/c29-21(12-10-20-11-13-24-25(16-20)33-18-32-24)17-27(31)22-8-4-5-9-23(22)28(26(27)30)15-14-19-6-2-1-3-7-19/h1-13,16,31H,14-15,17-18H2. The van der Waals surface area contributed by atoms with Gasteiger partial charge >= 0.3 is 0 Å². The molecule has 0 radical (unpaired) electrons. The van der Waals surface area contributed by atoms with Gasteiger partial charge in [-0.1, -0.05) is 60.7 Å². The number of fused-ring (bicyclic) bond motifs is 2. The Morgan fingerprint density at radius 1 is 1.00 bits per heavy atom. The normalized spacial score (nSPS) is 18.7. The van der Waals surface area contributed by atoms with Gasteiger partial charge in [0.15, 0.2) is 22.9 Å². The van der Waals surface area contributed by atoms with Gasteiger partial charge < -0.3 is 19.5 Å². The van der Waals surface area contributed by atoms with Gasteiger partial charge in [0.05, 0.1) is 12.1 Å². The van der Waals surface area contributed by atoms with Crippen LogP contribution in [0.2, 0.25) is 0 Å². The second kappa shape index (κ2) is 8.56. The number of hydrogen-bond acceptors (Lipinski definition) is 5. The number of hydrogen-bond donors (Lipinski definition) is 1. The van der Waals surface area contributed by atoms with Crippen LogP contribution in [0, 0.1) is 0 Å². The number of rotatable bonds is 7. The summed E-state index contributed by atoms with van der Waals surface area (Å²) in [5.74, 6) is 0.474. The molecule has 0 aromatic heterocycles. The number of nitrogens with zero attached hydrogens (tertiary/aromatic N) is 1. The summed E-state index contributed by atoms with van der Waals surface area (Å²) >= 11 is 0. The van der Waals surface area contributed by atoms with Crippen molar-refractivity contribution in [3.05, 3.63) is 95.6 Å². The van der Waals surface area contributed by atoms with Gasteiger partial charge in [0, 0.05) is 12.1 Å². The van der Waals surface area contributed by atoms with Crippen LogP contribution >= 0.6 is 0 Å². The molecule has 2 aliphatic heterocycles. The number of aliphatic hydroxyl groups is 1. The number of ketones is 1. The number of anilines is 1. The molecule has 0 saturated heterocycles. The third-order valence-electron chi connectivity index (χ3n) is 5.99. The Kier molecular flexibility index (Phi) is 5.44. The third-order valence-corrected chi connectivity index (χ3v) is 5.99. The zero-order chi connectivity index (χ0) is 22.8. The first-order valence-electron chi connectivity index (χ1n) is 10.8. The molecular weight excluding hydrogens is 418 g/mol. The van der Waals surface area contributed by atoms with E-state index in [9.17, 15) is 14.7 Å². The Hall–Kier alpha value is -3.90. The number of benzene rings is 3. The summed E-state index contributed by atoms with van der Waals surface area (Å²) in [5.41, 5.74) is 1.09. The molecule has 0 spiro atoms. The topological polar surface area (TPSA) is 76.1 Å². The highest BCUT2D eigenvalue weighted by molar-refractivity contribution is 6.10. The van der Waals surface area contributed by atoms with Crippen LogP contribution < -0.4 is 14.4 Å². The maximum atomic E-state index is 13.3. The van der Waals surface area contributed by atoms with Crippen LogP contribution in [-0.4, -0.2) is 30.1 Å². The number of para-hydroxylation sites is 1. The van der Waals surface area contributed by atoms with Crippen molar-refractivity contribution in [1.82, 2.24) is 0 Å². The molecule has 2 heterocycles. The highest BCUT2D eigenvalue weighted by Gasteiger charge is 2.50. The second-order valence-electron chi connectivity index (χ2n) is 8.16. The quantitative estimate of drug-likeness (QED) is 0.564. The van der Waals surface area contributed by atoms with Crippen molar-refractivity contribution in [3.63, 3.8) is 0 Å². The Bertz CT molecular complexity index is 1240. The average molecular weight is 441 g/mol. The molecule has 6 heteroatoms.